The van der Waals surface area contributed by atoms with Gasteiger partial charge in [-0.2, -0.15) is 13.2 Å². The molecule has 15 heavy (non-hydrogen) atoms. The van der Waals surface area contributed by atoms with Crippen LogP contribution in [0.25, 0.3) is 0 Å². The van der Waals surface area contributed by atoms with Crippen LogP contribution in [0.2, 0.25) is 0 Å². The SMILES string of the molecule is F[B-](F)(F)CN1CCCC(C(F)(F)F)C1. The summed E-state index contributed by atoms with van der Waals surface area (Å²) in [5.74, 6) is -1.61. The van der Waals surface area contributed by atoms with Crippen LogP contribution < -0.4 is 0 Å². The quantitative estimate of drug-likeness (QED) is 0.524. The number of nitrogens with zero attached hydrogens (tertiary/aromatic N) is 1. The standard InChI is InChI=1S/C7H11BF6N/c9-7(10,11)6-2-1-3-15(4-6)5-8(12,13)14/h6H,1-5H2/q-1. The van der Waals surface area contributed by atoms with Crippen molar-refractivity contribution < 1.29 is 26.1 Å². The van der Waals surface area contributed by atoms with E-state index >= 15 is 0 Å². The Morgan fingerprint density at radius 2 is 1.80 bits per heavy atom. The van der Waals surface area contributed by atoms with E-state index in [2.05, 4.69) is 0 Å². The second kappa shape index (κ2) is 4.23. The van der Waals surface area contributed by atoms with E-state index in [4.69, 9.17) is 0 Å². The van der Waals surface area contributed by atoms with Crippen LogP contribution in [0.3, 0.4) is 0 Å². The Bertz CT molecular complexity index is 213. The molecule has 1 fully saturated rings. The Kier molecular flexibility index (Phi) is 3.57. The van der Waals surface area contributed by atoms with Gasteiger partial charge in [-0.1, -0.05) is 0 Å². The van der Waals surface area contributed by atoms with Crippen LogP contribution >= 0.6 is 0 Å². The molecule has 1 aliphatic rings. The predicted octanol–water partition coefficient (Wildman–Crippen LogP) is 2.65. The number of rotatable bonds is 2. The Morgan fingerprint density at radius 1 is 1.20 bits per heavy atom. The minimum atomic E-state index is -5.03. The van der Waals surface area contributed by atoms with E-state index in [1.54, 1.807) is 0 Å². The number of alkyl halides is 3. The fourth-order valence-electron chi connectivity index (χ4n) is 1.78. The van der Waals surface area contributed by atoms with E-state index in [1.807, 2.05) is 0 Å². The highest BCUT2D eigenvalue weighted by Gasteiger charge is 2.42. The molecule has 1 unspecified atom stereocenters. The maximum absolute atomic E-state index is 12.2. The molecule has 0 aliphatic carbocycles. The topological polar surface area (TPSA) is 3.24 Å². The summed E-state index contributed by atoms with van der Waals surface area (Å²) in [5.41, 5.74) is 0. The molecule has 1 aliphatic heterocycles. The first-order valence-electron chi connectivity index (χ1n) is 4.68. The monoisotopic (exact) mass is 234 g/mol. The predicted molar refractivity (Wildman–Crippen MR) is 44.3 cm³/mol. The molecule has 0 N–H and O–H groups in total. The molecule has 0 saturated carbocycles. The average Bonchev–Trinajstić information content (AvgIpc) is 1.99. The van der Waals surface area contributed by atoms with E-state index in [0.717, 1.165) is 4.90 Å². The van der Waals surface area contributed by atoms with E-state index in [0.29, 0.717) is 0 Å². The fourth-order valence-corrected chi connectivity index (χ4v) is 1.78. The second-order valence-corrected chi connectivity index (χ2v) is 3.85. The van der Waals surface area contributed by atoms with Gasteiger partial charge in [-0.05, 0) is 25.8 Å². The van der Waals surface area contributed by atoms with Gasteiger partial charge in [-0.25, -0.2) is 0 Å². The minimum Gasteiger partial charge on any atom is -0.448 e. The molecule has 0 aromatic rings. The molecule has 0 spiro atoms. The third-order valence-electron chi connectivity index (χ3n) is 2.43. The third kappa shape index (κ3) is 4.32. The van der Waals surface area contributed by atoms with Crippen molar-refractivity contribution in [1.29, 1.82) is 0 Å². The summed E-state index contributed by atoms with van der Waals surface area (Å²) in [4.78, 5) is 0.849. The number of piperidine rings is 1. The molecule has 90 valence electrons. The molecule has 0 bridgehead atoms. The summed E-state index contributed by atoms with van der Waals surface area (Å²) >= 11 is 0. The van der Waals surface area contributed by atoms with E-state index in [9.17, 15) is 26.1 Å². The number of likely N-dealkylation sites (tertiary alicyclic amines) is 1. The molecular formula is C7H11BF6N-. The van der Waals surface area contributed by atoms with Crippen LogP contribution in [0, 0.1) is 5.92 Å². The Hall–Kier alpha value is -0.395. The second-order valence-electron chi connectivity index (χ2n) is 3.85. The van der Waals surface area contributed by atoms with Gasteiger partial charge in [0.25, 0.3) is 0 Å². The molecule has 0 radical (unpaired) electrons. The molecule has 1 rings (SSSR count). The molecular weight excluding hydrogens is 223 g/mol. The van der Waals surface area contributed by atoms with Gasteiger partial charge in [0.05, 0.1) is 5.92 Å². The van der Waals surface area contributed by atoms with Crippen molar-refractivity contribution in [3.05, 3.63) is 0 Å². The first-order valence-corrected chi connectivity index (χ1v) is 4.68. The Morgan fingerprint density at radius 3 is 2.27 bits per heavy atom. The highest BCUT2D eigenvalue weighted by molar-refractivity contribution is 6.58. The smallest absolute Gasteiger partial charge is 0.448 e. The van der Waals surface area contributed by atoms with E-state index < -0.39 is 32.1 Å². The molecule has 1 heterocycles. The van der Waals surface area contributed by atoms with Crippen LogP contribution in [-0.4, -0.2) is 37.6 Å². The lowest BCUT2D eigenvalue weighted by molar-refractivity contribution is -0.186. The number of hydrogen-bond acceptors (Lipinski definition) is 1. The van der Waals surface area contributed by atoms with Crippen LogP contribution in [0.15, 0.2) is 0 Å². The normalized spacial score (nSPS) is 25.6. The molecule has 1 atom stereocenters. The van der Waals surface area contributed by atoms with Gasteiger partial charge >= 0.3 is 13.2 Å². The van der Waals surface area contributed by atoms with Crippen LogP contribution in [0.4, 0.5) is 26.1 Å². The largest absolute Gasteiger partial charge is 0.492 e. The highest BCUT2D eigenvalue weighted by atomic mass is 19.4. The lowest BCUT2D eigenvalue weighted by Gasteiger charge is -2.36. The number of halogens is 6. The molecule has 0 amide bonds. The molecule has 0 aromatic heterocycles. The van der Waals surface area contributed by atoms with Crippen LogP contribution in [0.5, 0.6) is 0 Å². The summed E-state index contributed by atoms with van der Waals surface area (Å²) in [6.45, 7) is -5.45. The lowest BCUT2D eigenvalue weighted by atomic mass is 9.88. The average molecular weight is 234 g/mol. The van der Waals surface area contributed by atoms with Crippen molar-refractivity contribution in [2.24, 2.45) is 5.92 Å². The zero-order valence-corrected chi connectivity index (χ0v) is 7.91. The summed E-state index contributed by atoms with van der Waals surface area (Å²) in [6.07, 6.45) is -5.45. The van der Waals surface area contributed by atoms with Gasteiger partial charge in [0, 0.05) is 6.54 Å². The summed E-state index contributed by atoms with van der Waals surface area (Å²) in [6, 6.07) is 0. The summed E-state index contributed by atoms with van der Waals surface area (Å²) in [5, 5.41) is 0. The number of hydrogen-bond donors (Lipinski definition) is 0. The van der Waals surface area contributed by atoms with E-state index in [-0.39, 0.29) is 19.4 Å². The molecule has 8 heteroatoms. The van der Waals surface area contributed by atoms with Crippen molar-refractivity contribution in [1.82, 2.24) is 4.90 Å². The zero-order valence-electron chi connectivity index (χ0n) is 7.91. The van der Waals surface area contributed by atoms with Crippen LogP contribution in [0.1, 0.15) is 12.8 Å². The van der Waals surface area contributed by atoms with Crippen molar-refractivity contribution in [2.45, 2.75) is 19.0 Å². The van der Waals surface area contributed by atoms with Crippen molar-refractivity contribution >= 4 is 6.98 Å². The zero-order chi connectivity index (χ0) is 11.7. The van der Waals surface area contributed by atoms with Gasteiger partial charge in [0.2, 0.25) is 0 Å². The fraction of sp³-hybridized carbons (Fsp3) is 1.00. The highest BCUT2D eigenvalue weighted by Crippen LogP contribution is 2.33. The van der Waals surface area contributed by atoms with Gasteiger partial charge < -0.3 is 17.8 Å². The van der Waals surface area contributed by atoms with Crippen molar-refractivity contribution in [3.8, 4) is 0 Å². The maximum atomic E-state index is 12.2. The summed E-state index contributed by atoms with van der Waals surface area (Å²) in [7, 11) is 0. The van der Waals surface area contributed by atoms with Crippen LogP contribution in [-0.2, 0) is 0 Å². The maximum Gasteiger partial charge on any atom is 0.492 e. The molecule has 1 saturated heterocycles. The van der Waals surface area contributed by atoms with Gasteiger partial charge in [-0.15, -0.1) is 0 Å². The molecule has 0 aromatic carbocycles. The summed E-state index contributed by atoms with van der Waals surface area (Å²) < 4.78 is 72.7. The lowest BCUT2D eigenvalue weighted by Crippen LogP contribution is -2.46. The van der Waals surface area contributed by atoms with Gasteiger partial charge in [-0.3, -0.25) is 0 Å². The van der Waals surface area contributed by atoms with Gasteiger partial charge in [0.15, 0.2) is 0 Å². The Balaban J connectivity index is 2.50. The third-order valence-corrected chi connectivity index (χ3v) is 2.43. The van der Waals surface area contributed by atoms with Crippen molar-refractivity contribution in [3.63, 3.8) is 0 Å². The van der Waals surface area contributed by atoms with Crippen molar-refractivity contribution in [2.75, 3.05) is 19.5 Å². The van der Waals surface area contributed by atoms with Gasteiger partial charge in [0.1, 0.15) is 0 Å². The van der Waals surface area contributed by atoms with E-state index in [1.165, 1.54) is 0 Å². The first-order chi connectivity index (χ1) is 6.68. The molecule has 1 nitrogen and oxygen atoms in total. The Labute approximate surface area is 83.5 Å². The first kappa shape index (κ1) is 12.7. The minimum absolute atomic E-state index is 0.0646.